The molecule has 4 heteroatoms. The highest BCUT2D eigenvalue weighted by Gasteiger charge is 2.31. The summed E-state index contributed by atoms with van der Waals surface area (Å²) < 4.78 is 0. The molecule has 1 aliphatic rings. The standard InChI is InChI=1S/C15H15ClN2O/c1-10-5-6-12-3-2-4-13(15(12)17-10)18-9-11(8-16)7-14(18)19/h2-6,11H,7-9H2,1H3. The van der Waals surface area contributed by atoms with Crippen molar-refractivity contribution in [1.29, 1.82) is 0 Å². The van der Waals surface area contributed by atoms with Crippen LogP contribution < -0.4 is 4.90 Å². The number of carbonyl (C=O) groups is 1. The Morgan fingerprint density at radius 3 is 2.95 bits per heavy atom. The number of anilines is 1. The quantitative estimate of drug-likeness (QED) is 0.788. The molecule has 1 atom stereocenters. The maximum absolute atomic E-state index is 12.1. The number of rotatable bonds is 2. The van der Waals surface area contributed by atoms with E-state index in [1.54, 1.807) is 0 Å². The highest BCUT2D eigenvalue weighted by Crippen LogP contribution is 2.31. The predicted octanol–water partition coefficient (Wildman–Crippen LogP) is 3.13. The maximum Gasteiger partial charge on any atom is 0.227 e. The summed E-state index contributed by atoms with van der Waals surface area (Å²) in [7, 11) is 0. The second-order valence-corrected chi connectivity index (χ2v) is 5.34. The number of benzene rings is 1. The lowest BCUT2D eigenvalue weighted by atomic mass is 10.1. The van der Waals surface area contributed by atoms with E-state index in [1.165, 1.54) is 0 Å². The first kappa shape index (κ1) is 12.4. The largest absolute Gasteiger partial charge is 0.310 e. The van der Waals surface area contributed by atoms with E-state index in [-0.39, 0.29) is 11.8 Å². The van der Waals surface area contributed by atoms with Crippen LogP contribution in [-0.2, 0) is 4.79 Å². The Morgan fingerprint density at radius 1 is 1.37 bits per heavy atom. The van der Waals surface area contributed by atoms with Crippen molar-refractivity contribution in [2.24, 2.45) is 5.92 Å². The number of hydrogen-bond donors (Lipinski definition) is 0. The van der Waals surface area contributed by atoms with E-state index < -0.39 is 0 Å². The molecule has 1 unspecified atom stereocenters. The summed E-state index contributed by atoms with van der Waals surface area (Å²) in [5.41, 5.74) is 2.75. The highest BCUT2D eigenvalue weighted by atomic mass is 35.5. The van der Waals surface area contributed by atoms with Crippen LogP contribution in [0.5, 0.6) is 0 Å². The lowest BCUT2D eigenvalue weighted by Crippen LogP contribution is -2.25. The average Bonchev–Trinajstić information content (AvgIpc) is 2.79. The van der Waals surface area contributed by atoms with Gasteiger partial charge in [0.05, 0.1) is 11.2 Å². The Kier molecular flexibility index (Phi) is 3.15. The number of fused-ring (bicyclic) bond motifs is 1. The summed E-state index contributed by atoms with van der Waals surface area (Å²) in [6.07, 6.45) is 0.533. The number of halogens is 1. The minimum atomic E-state index is 0.140. The molecule has 19 heavy (non-hydrogen) atoms. The first-order chi connectivity index (χ1) is 9.19. The topological polar surface area (TPSA) is 33.2 Å². The number of amides is 1. The van der Waals surface area contributed by atoms with Crippen LogP contribution in [0.1, 0.15) is 12.1 Å². The molecular formula is C15H15ClN2O. The van der Waals surface area contributed by atoms with Gasteiger partial charge in [-0.25, -0.2) is 0 Å². The molecule has 2 heterocycles. The van der Waals surface area contributed by atoms with Gasteiger partial charge in [-0.1, -0.05) is 18.2 Å². The lowest BCUT2D eigenvalue weighted by molar-refractivity contribution is -0.117. The van der Waals surface area contributed by atoms with E-state index in [9.17, 15) is 4.79 Å². The van der Waals surface area contributed by atoms with Gasteiger partial charge in [0.15, 0.2) is 0 Å². The van der Waals surface area contributed by atoms with Gasteiger partial charge in [0.1, 0.15) is 0 Å². The van der Waals surface area contributed by atoms with Crippen LogP contribution in [-0.4, -0.2) is 23.3 Å². The normalized spacial score (nSPS) is 19.4. The third kappa shape index (κ3) is 2.19. The van der Waals surface area contributed by atoms with Crippen LogP contribution in [0, 0.1) is 12.8 Å². The number of alkyl halides is 1. The van der Waals surface area contributed by atoms with Crippen LogP contribution in [0.4, 0.5) is 5.69 Å². The minimum Gasteiger partial charge on any atom is -0.310 e. The van der Waals surface area contributed by atoms with E-state index in [1.807, 2.05) is 42.2 Å². The van der Waals surface area contributed by atoms with Gasteiger partial charge in [-0.05, 0) is 25.0 Å². The van der Waals surface area contributed by atoms with E-state index in [2.05, 4.69) is 4.98 Å². The molecule has 0 saturated carbocycles. The minimum absolute atomic E-state index is 0.140. The Hall–Kier alpha value is -1.61. The summed E-state index contributed by atoms with van der Waals surface area (Å²) in [6, 6.07) is 9.98. The van der Waals surface area contributed by atoms with Crippen LogP contribution in [0.2, 0.25) is 0 Å². The van der Waals surface area contributed by atoms with Gasteiger partial charge in [-0.2, -0.15) is 0 Å². The molecule has 0 N–H and O–H groups in total. The van der Waals surface area contributed by atoms with Crippen molar-refractivity contribution in [3.63, 3.8) is 0 Å². The number of aryl methyl sites for hydroxylation is 1. The molecule has 0 bridgehead atoms. The molecule has 1 fully saturated rings. The van der Waals surface area contributed by atoms with Gasteiger partial charge in [0, 0.05) is 29.9 Å². The van der Waals surface area contributed by atoms with Crippen LogP contribution >= 0.6 is 11.6 Å². The molecule has 1 aromatic heterocycles. The molecule has 0 aliphatic carbocycles. The number of aromatic nitrogens is 1. The molecule has 1 aliphatic heterocycles. The van der Waals surface area contributed by atoms with Gasteiger partial charge >= 0.3 is 0 Å². The Morgan fingerprint density at radius 2 is 2.21 bits per heavy atom. The maximum atomic E-state index is 12.1. The van der Waals surface area contributed by atoms with Crippen molar-refractivity contribution in [1.82, 2.24) is 4.98 Å². The third-order valence-electron chi connectivity index (χ3n) is 3.55. The molecule has 1 aromatic carbocycles. The van der Waals surface area contributed by atoms with Crippen molar-refractivity contribution in [2.75, 3.05) is 17.3 Å². The molecule has 0 radical (unpaired) electrons. The zero-order valence-electron chi connectivity index (χ0n) is 10.8. The van der Waals surface area contributed by atoms with Gasteiger partial charge in [-0.3, -0.25) is 9.78 Å². The molecular weight excluding hydrogens is 260 g/mol. The molecule has 3 rings (SSSR count). The Balaban J connectivity index is 2.10. The summed E-state index contributed by atoms with van der Waals surface area (Å²) in [4.78, 5) is 18.5. The van der Waals surface area contributed by atoms with Crippen molar-refractivity contribution in [2.45, 2.75) is 13.3 Å². The molecule has 3 nitrogen and oxygen atoms in total. The van der Waals surface area contributed by atoms with Crippen molar-refractivity contribution < 1.29 is 4.79 Å². The van der Waals surface area contributed by atoms with E-state index in [4.69, 9.17) is 11.6 Å². The van der Waals surface area contributed by atoms with Crippen molar-refractivity contribution >= 4 is 34.1 Å². The number of carbonyl (C=O) groups excluding carboxylic acids is 1. The van der Waals surface area contributed by atoms with E-state index in [0.717, 1.165) is 22.3 Å². The molecule has 98 valence electrons. The fraction of sp³-hybridized carbons (Fsp3) is 0.333. The number of nitrogens with zero attached hydrogens (tertiary/aromatic N) is 2. The average molecular weight is 275 g/mol. The fourth-order valence-electron chi connectivity index (χ4n) is 2.56. The van der Waals surface area contributed by atoms with Gasteiger partial charge in [0.2, 0.25) is 5.91 Å². The number of para-hydroxylation sites is 1. The predicted molar refractivity (Wildman–Crippen MR) is 77.7 cm³/mol. The summed E-state index contributed by atoms with van der Waals surface area (Å²) in [6.45, 7) is 2.65. The zero-order valence-corrected chi connectivity index (χ0v) is 11.5. The summed E-state index contributed by atoms with van der Waals surface area (Å²) in [5.74, 6) is 0.912. The van der Waals surface area contributed by atoms with Crippen molar-refractivity contribution in [3.05, 3.63) is 36.0 Å². The molecule has 0 spiro atoms. The first-order valence-corrected chi connectivity index (χ1v) is 6.95. The first-order valence-electron chi connectivity index (χ1n) is 6.42. The molecule has 1 amide bonds. The fourth-order valence-corrected chi connectivity index (χ4v) is 2.77. The SMILES string of the molecule is Cc1ccc2cccc(N3CC(CCl)CC3=O)c2n1. The van der Waals surface area contributed by atoms with Crippen molar-refractivity contribution in [3.8, 4) is 0 Å². The second-order valence-electron chi connectivity index (χ2n) is 5.03. The zero-order chi connectivity index (χ0) is 13.4. The monoisotopic (exact) mass is 274 g/mol. The van der Waals surface area contributed by atoms with Crippen LogP contribution in [0.15, 0.2) is 30.3 Å². The van der Waals surface area contributed by atoms with Gasteiger partial charge in [0.25, 0.3) is 0 Å². The smallest absolute Gasteiger partial charge is 0.227 e. The third-order valence-corrected chi connectivity index (χ3v) is 3.99. The summed E-state index contributed by atoms with van der Waals surface area (Å²) in [5, 5.41) is 1.06. The summed E-state index contributed by atoms with van der Waals surface area (Å²) >= 11 is 5.87. The van der Waals surface area contributed by atoms with E-state index >= 15 is 0 Å². The number of pyridine rings is 1. The molecule has 1 saturated heterocycles. The molecule has 2 aromatic rings. The van der Waals surface area contributed by atoms with Gasteiger partial charge < -0.3 is 4.90 Å². The number of hydrogen-bond acceptors (Lipinski definition) is 2. The van der Waals surface area contributed by atoms with Crippen LogP contribution in [0.3, 0.4) is 0 Å². The van der Waals surface area contributed by atoms with Crippen LogP contribution in [0.25, 0.3) is 10.9 Å². The van der Waals surface area contributed by atoms with E-state index in [0.29, 0.717) is 18.8 Å². The highest BCUT2D eigenvalue weighted by molar-refractivity contribution is 6.18. The van der Waals surface area contributed by atoms with Gasteiger partial charge in [-0.15, -0.1) is 11.6 Å². The second kappa shape index (κ2) is 4.82. The Labute approximate surface area is 117 Å². The Bertz CT molecular complexity index is 641. The lowest BCUT2D eigenvalue weighted by Gasteiger charge is -2.18.